The summed E-state index contributed by atoms with van der Waals surface area (Å²) < 4.78 is 5.29. The van der Waals surface area contributed by atoms with E-state index in [1.165, 1.54) is 6.07 Å². The van der Waals surface area contributed by atoms with E-state index in [-0.39, 0.29) is 10.6 Å². The summed E-state index contributed by atoms with van der Waals surface area (Å²) in [4.78, 5) is 10.8. The molecule has 3 aromatic carbocycles. The molecule has 2 N–H and O–H groups in total. The highest BCUT2D eigenvalue weighted by atomic mass is 32.1. The molecule has 0 spiro atoms. The number of methoxy groups -OCH3 is 1. The molecule has 0 aliphatic rings. The van der Waals surface area contributed by atoms with Gasteiger partial charge in [0.2, 0.25) is 0 Å². The Labute approximate surface area is 162 Å². The summed E-state index contributed by atoms with van der Waals surface area (Å²) in [6, 6.07) is 21.4. The summed E-state index contributed by atoms with van der Waals surface area (Å²) in [6.07, 6.45) is 0. The Balaban J connectivity index is 1.73. The highest BCUT2D eigenvalue weighted by Gasteiger charge is 2.14. The number of thiocarbonyl (C=S) groups is 1. The van der Waals surface area contributed by atoms with Crippen molar-refractivity contribution in [2.75, 3.05) is 17.7 Å². The van der Waals surface area contributed by atoms with E-state index in [0.717, 1.165) is 16.9 Å². The predicted octanol–water partition coefficient (Wildman–Crippen LogP) is 5.08. The molecular formula is C20H17N3O3S. The van der Waals surface area contributed by atoms with E-state index < -0.39 is 0 Å². The molecule has 0 fully saturated rings. The Morgan fingerprint density at radius 2 is 1.63 bits per heavy atom. The molecule has 3 aromatic rings. The highest BCUT2D eigenvalue weighted by molar-refractivity contribution is 7.80. The first-order valence-electron chi connectivity index (χ1n) is 8.13. The summed E-state index contributed by atoms with van der Waals surface area (Å²) >= 11 is 5.34. The smallest absolute Gasteiger partial charge is 0.277 e. The van der Waals surface area contributed by atoms with Gasteiger partial charge in [-0.05, 0) is 48.1 Å². The van der Waals surface area contributed by atoms with Crippen LogP contribution in [0, 0.1) is 10.1 Å². The van der Waals surface area contributed by atoms with Gasteiger partial charge in [0, 0.05) is 11.8 Å². The Bertz CT molecular complexity index is 974. The Hall–Kier alpha value is -3.45. The van der Waals surface area contributed by atoms with Crippen LogP contribution in [0.1, 0.15) is 0 Å². The maximum Gasteiger partial charge on any atom is 0.277 e. The Kier molecular flexibility index (Phi) is 5.63. The van der Waals surface area contributed by atoms with Gasteiger partial charge in [-0.25, -0.2) is 0 Å². The number of benzene rings is 3. The predicted molar refractivity (Wildman–Crippen MR) is 111 cm³/mol. The van der Waals surface area contributed by atoms with Crippen LogP contribution in [0.25, 0.3) is 11.1 Å². The van der Waals surface area contributed by atoms with Crippen LogP contribution in [0.15, 0.2) is 72.8 Å². The van der Waals surface area contributed by atoms with E-state index in [1.54, 1.807) is 25.3 Å². The monoisotopic (exact) mass is 379 g/mol. The fraction of sp³-hybridized carbons (Fsp3) is 0.0500. The molecule has 0 aliphatic heterocycles. The van der Waals surface area contributed by atoms with Gasteiger partial charge in [-0.3, -0.25) is 10.1 Å². The lowest BCUT2D eigenvalue weighted by Gasteiger charge is -2.13. The fourth-order valence-electron chi connectivity index (χ4n) is 2.64. The quantitative estimate of drug-likeness (QED) is 0.366. The number of hydrogen-bond donors (Lipinski definition) is 2. The van der Waals surface area contributed by atoms with Crippen molar-refractivity contribution < 1.29 is 9.66 Å². The van der Waals surface area contributed by atoms with Gasteiger partial charge in [0.25, 0.3) is 5.69 Å². The molecular weight excluding hydrogens is 362 g/mol. The fourth-order valence-corrected chi connectivity index (χ4v) is 2.87. The van der Waals surface area contributed by atoms with Crippen LogP contribution in [0.3, 0.4) is 0 Å². The first-order valence-corrected chi connectivity index (χ1v) is 8.54. The molecule has 0 amide bonds. The number of nitrogens with zero attached hydrogens (tertiary/aromatic N) is 1. The minimum absolute atomic E-state index is 0.0755. The van der Waals surface area contributed by atoms with E-state index in [1.807, 2.05) is 48.5 Å². The molecule has 27 heavy (non-hydrogen) atoms. The van der Waals surface area contributed by atoms with Crippen molar-refractivity contribution in [3.8, 4) is 16.9 Å². The number of anilines is 2. The van der Waals surface area contributed by atoms with Crippen molar-refractivity contribution in [3.05, 3.63) is 82.9 Å². The van der Waals surface area contributed by atoms with Crippen LogP contribution in [-0.4, -0.2) is 17.1 Å². The van der Waals surface area contributed by atoms with Gasteiger partial charge in [-0.2, -0.15) is 0 Å². The molecule has 0 saturated heterocycles. The Morgan fingerprint density at radius 1 is 0.963 bits per heavy atom. The lowest BCUT2D eigenvalue weighted by molar-refractivity contribution is -0.384. The molecule has 0 unspecified atom stereocenters. The second kappa shape index (κ2) is 8.29. The van der Waals surface area contributed by atoms with Crippen molar-refractivity contribution in [1.82, 2.24) is 0 Å². The van der Waals surface area contributed by atoms with Gasteiger partial charge in [0.05, 0.1) is 23.3 Å². The SMILES string of the molecule is COc1ccccc1NC(=S)Nc1ccc(-c2ccccc2[N+](=O)[O-])cc1. The van der Waals surface area contributed by atoms with E-state index in [9.17, 15) is 10.1 Å². The van der Waals surface area contributed by atoms with E-state index in [2.05, 4.69) is 10.6 Å². The van der Waals surface area contributed by atoms with Crippen LogP contribution < -0.4 is 15.4 Å². The van der Waals surface area contributed by atoms with Crippen LogP contribution in [0.5, 0.6) is 5.75 Å². The largest absolute Gasteiger partial charge is 0.495 e. The van der Waals surface area contributed by atoms with E-state index in [4.69, 9.17) is 17.0 Å². The molecule has 7 heteroatoms. The third kappa shape index (κ3) is 4.39. The van der Waals surface area contributed by atoms with Gasteiger partial charge in [-0.15, -0.1) is 0 Å². The van der Waals surface area contributed by atoms with Crippen LogP contribution in [-0.2, 0) is 0 Å². The van der Waals surface area contributed by atoms with E-state index >= 15 is 0 Å². The molecule has 0 bridgehead atoms. The molecule has 0 saturated carbocycles. The summed E-state index contributed by atoms with van der Waals surface area (Å²) in [5, 5.41) is 17.8. The first kappa shape index (κ1) is 18.3. The van der Waals surface area contributed by atoms with Crippen molar-refractivity contribution in [2.45, 2.75) is 0 Å². The summed E-state index contributed by atoms with van der Waals surface area (Å²) in [6.45, 7) is 0. The summed E-state index contributed by atoms with van der Waals surface area (Å²) in [5.41, 5.74) is 2.94. The van der Waals surface area contributed by atoms with Crippen molar-refractivity contribution in [1.29, 1.82) is 0 Å². The normalized spacial score (nSPS) is 10.1. The average molecular weight is 379 g/mol. The maximum absolute atomic E-state index is 11.2. The average Bonchev–Trinajstić information content (AvgIpc) is 2.69. The van der Waals surface area contributed by atoms with Gasteiger partial charge < -0.3 is 15.4 Å². The molecule has 3 rings (SSSR count). The van der Waals surface area contributed by atoms with Gasteiger partial charge in [-0.1, -0.05) is 36.4 Å². The molecule has 0 heterocycles. The third-order valence-electron chi connectivity index (χ3n) is 3.91. The van der Waals surface area contributed by atoms with Gasteiger partial charge >= 0.3 is 0 Å². The zero-order chi connectivity index (χ0) is 19.2. The second-order valence-electron chi connectivity index (χ2n) is 5.63. The molecule has 0 aromatic heterocycles. The highest BCUT2D eigenvalue weighted by Crippen LogP contribution is 2.30. The second-order valence-corrected chi connectivity index (χ2v) is 6.04. The van der Waals surface area contributed by atoms with E-state index in [0.29, 0.717) is 16.4 Å². The van der Waals surface area contributed by atoms with Crippen LogP contribution in [0.2, 0.25) is 0 Å². The number of para-hydroxylation sites is 3. The molecule has 136 valence electrons. The lowest BCUT2D eigenvalue weighted by atomic mass is 10.0. The molecule has 6 nitrogen and oxygen atoms in total. The minimum Gasteiger partial charge on any atom is -0.495 e. The lowest BCUT2D eigenvalue weighted by Crippen LogP contribution is -2.19. The molecule has 0 radical (unpaired) electrons. The number of ether oxygens (including phenoxy) is 1. The third-order valence-corrected chi connectivity index (χ3v) is 4.11. The minimum atomic E-state index is -0.381. The van der Waals surface area contributed by atoms with Crippen molar-refractivity contribution in [2.24, 2.45) is 0 Å². The van der Waals surface area contributed by atoms with Crippen molar-refractivity contribution in [3.63, 3.8) is 0 Å². The number of rotatable bonds is 5. The van der Waals surface area contributed by atoms with Crippen molar-refractivity contribution >= 4 is 34.4 Å². The number of nitrogens with one attached hydrogen (secondary N) is 2. The first-order chi connectivity index (χ1) is 13.1. The number of nitro groups is 1. The summed E-state index contributed by atoms with van der Waals surface area (Å²) in [7, 11) is 1.60. The topological polar surface area (TPSA) is 76.4 Å². The maximum atomic E-state index is 11.2. The van der Waals surface area contributed by atoms with Gasteiger partial charge in [0.1, 0.15) is 5.75 Å². The summed E-state index contributed by atoms with van der Waals surface area (Å²) in [5.74, 6) is 0.688. The number of hydrogen-bond acceptors (Lipinski definition) is 4. The van der Waals surface area contributed by atoms with Crippen LogP contribution >= 0.6 is 12.2 Å². The molecule has 0 atom stereocenters. The number of nitro benzene ring substituents is 1. The van der Waals surface area contributed by atoms with Crippen LogP contribution in [0.4, 0.5) is 17.1 Å². The zero-order valence-electron chi connectivity index (χ0n) is 14.5. The standard InChI is InChI=1S/C20H17N3O3S/c1-26-19-9-5-3-7-17(19)22-20(27)21-15-12-10-14(11-13-15)16-6-2-4-8-18(16)23(24)25/h2-13H,1H3,(H2,21,22,27). The van der Waals surface area contributed by atoms with Gasteiger partial charge in [0.15, 0.2) is 5.11 Å². The zero-order valence-corrected chi connectivity index (χ0v) is 15.3. The Morgan fingerprint density at radius 3 is 2.33 bits per heavy atom. The molecule has 0 aliphatic carbocycles.